The lowest BCUT2D eigenvalue weighted by atomic mass is 9.62. The van der Waals surface area contributed by atoms with Gasteiger partial charge >= 0.3 is 0 Å². The molecule has 1 aliphatic carbocycles. The summed E-state index contributed by atoms with van der Waals surface area (Å²) in [5.74, 6) is 0.318. The van der Waals surface area contributed by atoms with Crippen molar-refractivity contribution >= 4 is 11.6 Å². The first-order chi connectivity index (χ1) is 8.83. The number of nitrogens with zero attached hydrogens (tertiary/aromatic N) is 1. The summed E-state index contributed by atoms with van der Waals surface area (Å²) in [6.07, 6.45) is 8.33. The van der Waals surface area contributed by atoms with Gasteiger partial charge in [0.05, 0.1) is 10.6 Å². The van der Waals surface area contributed by atoms with Crippen LogP contribution < -0.4 is 0 Å². The SMILES string of the molecule is CC(C)(C)C1CCCCC1(O)Cc1ccncc1Cl. The van der Waals surface area contributed by atoms with E-state index in [0.29, 0.717) is 17.4 Å². The van der Waals surface area contributed by atoms with E-state index in [9.17, 15) is 5.11 Å². The largest absolute Gasteiger partial charge is 0.389 e. The molecule has 1 fully saturated rings. The Labute approximate surface area is 121 Å². The van der Waals surface area contributed by atoms with E-state index in [1.807, 2.05) is 6.07 Å². The third-order valence-electron chi connectivity index (χ3n) is 4.40. The molecule has 1 aromatic rings. The Morgan fingerprint density at radius 1 is 1.42 bits per heavy atom. The predicted octanol–water partition coefficient (Wildman–Crippen LogP) is 4.24. The molecule has 0 spiro atoms. The van der Waals surface area contributed by atoms with Crippen LogP contribution in [0.25, 0.3) is 0 Å². The Balaban J connectivity index is 2.26. The minimum atomic E-state index is -0.637. The van der Waals surface area contributed by atoms with E-state index in [1.165, 1.54) is 6.42 Å². The Morgan fingerprint density at radius 3 is 2.79 bits per heavy atom. The zero-order valence-electron chi connectivity index (χ0n) is 12.1. The molecule has 1 saturated carbocycles. The summed E-state index contributed by atoms with van der Waals surface area (Å²) in [5, 5.41) is 11.8. The van der Waals surface area contributed by atoms with Gasteiger partial charge in [0, 0.05) is 18.8 Å². The fraction of sp³-hybridized carbons (Fsp3) is 0.688. The highest BCUT2D eigenvalue weighted by Gasteiger charge is 2.44. The average Bonchev–Trinajstić information content (AvgIpc) is 2.31. The fourth-order valence-corrected chi connectivity index (χ4v) is 3.74. The molecule has 0 aromatic carbocycles. The molecule has 2 unspecified atom stereocenters. The number of aliphatic hydroxyl groups is 1. The normalized spacial score (nSPS) is 28.4. The second-order valence-corrected chi connectivity index (χ2v) is 7.32. The number of halogens is 1. The zero-order valence-corrected chi connectivity index (χ0v) is 12.9. The summed E-state index contributed by atoms with van der Waals surface area (Å²) in [6.45, 7) is 6.67. The Kier molecular flexibility index (Phi) is 4.22. The summed E-state index contributed by atoms with van der Waals surface area (Å²) in [7, 11) is 0. The molecule has 1 aromatic heterocycles. The number of aromatic nitrogens is 1. The third kappa shape index (κ3) is 3.29. The number of hydrogen-bond acceptors (Lipinski definition) is 2. The van der Waals surface area contributed by atoms with Crippen LogP contribution in [0.4, 0.5) is 0 Å². The first-order valence-electron chi connectivity index (χ1n) is 7.14. The zero-order chi connectivity index (χ0) is 14.1. The molecule has 1 aliphatic rings. The molecule has 0 radical (unpaired) electrons. The molecule has 2 atom stereocenters. The van der Waals surface area contributed by atoms with E-state index in [2.05, 4.69) is 25.8 Å². The lowest BCUT2D eigenvalue weighted by Gasteiger charge is -2.47. The Hall–Kier alpha value is -0.600. The van der Waals surface area contributed by atoms with Gasteiger partial charge in [0.25, 0.3) is 0 Å². The average molecular weight is 282 g/mol. The van der Waals surface area contributed by atoms with Gasteiger partial charge in [-0.25, -0.2) is 0 Å². The second-order valence-electron chi connectivity index (χ2n) is 6.91. The molecule has 3 heteroatoms. The van der Waals surface area contributed by atoms with Gasteiger partial charge in [-0.1, -0.05) is 45.2 Å². The lowest BCUT2D eigenvalue weighted by Crippen LogP contribution is -2.48. The first-order valence-corrected chi connectivity index (χ1v) is 7.51. The molecule has 1 heterocycles. The highest BCUT2D eigenvalue weighted by Crippen LogP contribution is 2.46. The minimum absolute atomic E-state index is 0.120. The van der Waals surface area contributed by atoms with E-state index in [-0.39, 0.29) is 5.41 Å². The lowest BCUT2D eigenvalue weighted by molar-refractivity contribution is -0.0889. The highest BCUT2D eigenvalue weighted by atomic mass is 35.5. The van der Waals surface area contributed by atoms with Crippen LogP contribution in [-0.2, 0) is 6.42 Å². The molecule has 0 bridgehead atoms. The maximum Gasteiger partial charge on any atom is 0.0721 e. The van der Waals surface area contributed by atoms with Crippen LogP contribution in [-0.4, -0.2) is 15.7 Å². The van der Waals surface area contributed by atoms with Crippen LogP contribution in [0.15, 0.2) is 18.5 Å². The van der Waals surface area contributed by atoms with Crippen LogP contribution in [0.1, 0.15) is 52.0 Å². The maximum atomic E-state index is 11.2. The topological polar surface area (TPSA) is 33.1 Å². The summed E-state index contributed by atoms with van der Waals surface area (Å²) in [4.78, 5) is 4.01. The molecule has 0 aliphatic heterocycles. The van der Waals surface area contributed by atoms with E-state index >= 15 is 0 Å². The van der Waals surface area contributed by atoms with Gasteiger partial charge in [0.2, 0.25) is 0 Å². The number of rotatable bonds is 2. The predicted molar refractivity (Wildman–Crippen MR) is 79.3 cm³/mol. The van der Waals surface area contributed by atoms with Crippen molar-refractivity contribution in [2.24, 2.45) is 11.3 Å². The summed E-state index contributed by atoms with van der Waals surface area (Å²) >= 11 is 6.19. The van der Waals surface area contributed by atoms with Crippen molar-refractivity contribution in [3.05, 3.63) is 29.0 Å². The molecular weight excluding hydrogens is 258 g/mol. The highest BCUT2D eigenvalue weighted by molar-refractivity contribution is 6.31. The molecule has 0 saturated heterocycles. The van der Waals surface area contributed by atoms with Crippen molar-refractivity contribution in [3.63, 3.8) is 0 Å². The van der Waals surface area contributed by atoms with E-state index in [0.717, 1.165) is 24.8 Å². The van der Waals surface area contributed by atoms with E-state index < -0.39 is 5.60 Å². The smallest absolute Gasteiger partial charge is 0.0721 e. The summed E-state index contributed by atoms with van der Waals surface area (Å²) in [6, 6.07) is 1.93. The first kappa shape index (κ1) is 14.8. The van der Waals surface area contributed by atoms with Gasteiger partial charge in [0.1, 0.15) is 0 Å². The standard InChI is InChI=1S/C16H24ClNO/c1-15(2,3)14-6-4-5-8-16(14,19)10-12-7-9-18-11-13(12)17/h7,9,11,14,19H,4-6,8,10H2,1-3H3. The Morgan fingerprint density at radius 2 is 2.16 bits per heavy atom. The molecule has 106 valence electrons. The molecular formula is C16H24ClNO. The fourth-order valence-electron chi connectivity index (χ4n) is 3.55. The number of hydrogen-bond donors (Lipinski definition) is 1. The van der Waals surface area contributed by atoms with Crippen LogP contribution in [0, 0.1) is 11.3 Å². The van der Waals surface area contributed by atoms with Gasteiger partial charge in [-0.2, -0.15) is 0 Å². The van der Waals surface area contributed by atoms with Crippen molar-refractivity contribution in [1.82, 2.24) is 4.98 Å². The summed E-state index contributed by atoms with van der Waals surface area (Å²) < 4.78 is 0. The van der Waals surface area contributed by atoms with Crippen molar-refractivity contribution in [2.45, 2.75) is 58.5 Å². The van der Waals surface area contributed by atoms with E-state index in [4.69, 9.17) is 11.6 Å². The summed E-state index contributed by atoms with van der Waals surface area (Å²) in [5.41, 5.74) is 0.492. The van der Waals surface area contributed by atoms with Crippen molar-refractivity contribution in [3.8, 4) is 0 Å². The van der Waals surface area contributed by atoms with Crippen LogP contribution in [0.3, 0.4) is 0 Å². The second kappa shape index (κ2) is 5.41. The molecule has 19 heavy (non-hydrogen) atoms. The molecule has 1 N–H and O–H groups in total. The van der Waals surface area contributed by atoms with Crippen molar-refractivity contribution in [2.75, 3.05) is 0 Å². The Bertz CT molecular complexity index is 441. The maximum absolute atomic E-state index is 11.2. The van der Waals surface area contributed by atoms with Crippen LogP contribution in [0.5, 0.6) is 0 Å². The van der Waals surface area contributed by atoms with Crippen LogP contribution >= 0.6 is 11.6 Å². The van der Waals surface area contributed by atoms with Gasteiger partial charge < -0.3 is 5.11 Å². The quantitative estimate of drug-likeness (QED) is 0.879. The number of pyridine rings is 1. The third-order valence-corrected chi connectivity index (χ3v) is 4.74. The molecule has 2 nitrogen and oxygen atoms in total. The van der Waals surface area contributed by atoms with E-state index in [1.54, 1.807) is 12.4 Å². The van der Waals surface area contributed by atoms with Gasteiger partial charge in [-0.05, 0) is 35.8 Å². The molecule has 0 amide bonds. The monoisotopic (exact) mass is 281 g/mol. The van der Waals surface area contributed by atoms with Gasteiger partial charge in [-0.3, -0.25) is 4.98 Å². The van der Waals surface area contributed by atoms with Crippen LogP contribution in [0.2, 0.25) is 5.02 Å². The van der Waals surface area contributed by atoms with Gasteiger partial charge in [-0.15, -0.1) is 0 Å². The minimum Gasteiger partial charge on any atom is -0.389 e. The van der Waals surface area contributed by atoms with Crippen molar-refractivity contribution in [1.29, 1.82) is 0 Å². The van der Waals surface area contributed by atoms with Gasteiger partial charge in [0.15, 0.2) is 0 Å². The molecule has 2 rings (SSSR count). The van der Waals surface area contributed by atoms with Crippen molar-refractivity contribution < 1.29 is 5.11 Å².